The molecule has 0 aliphatic rings. The molecule has 3 nitrogen and oxygen atoms in total. The molecule has 0 saturated carbocycles. The lowest BCUT2D eigenvalue weighted by atomic mass is 10.2. The first kappa shape index (κ1) is 12.9. The molecule has 1 heterocycles. The number of hydrogen-bond acceptors (Lipinski definition) is 4. The Balaban J connectivity index is 3.21. The normalized spacial score (nSPS) is 14.2. The Kier molecular flexibility index (Phi) is 2.78. The molecule has 1 aromatic rings. The van der Waals surface area contributed by atoms with Crippen molar-refractivity contribution in [2.75, 3.05) is 5.73 Å². The van der Waals surface area contributed by atoms with Crippen molar-refractivity contribution >= 4 is 16.5 Å². The number of rotatable bonds is 2. The first-order valence-corrected chi connectivity index (χ1v) is 4.23. The summed E-state index contributed by atoms with van der Waals surface area (Å²) in [5.41, 5.74) is 4.81. The summed E-state index contributed by atoms with van der Waals surface area (Å²) in [6.45, 7) is 0. The Morgan fingerprint density at radius 1 is 0.938 bits per heavy atom. The fourth-order valence-corrected chi connectivity index (χ4v) is 1.29. The number of alkyl halides is 7. The minimum absolute atomic E-state index is 0.237. The molecule has 1 aromatic heterocycles. The van der Waals surface area contributed by atoms with Crippen molar-refractivity contribution in [2.24, 2.45) is 0 Å². The van der Waals surface area contributed by atoms with Crippen LogP contribution in [0.1, 0.15) is 5.01 Å². The average molecular weight is 269 g/mol. The van der Waals surface area contributed by atoms with Gasteiger partial charge in [0, 0.05) is 0 Å². The monoisotopic (exact) mass is 269 g/mol. The first-order valence-electron chi connectivity index (χ1n) is 3.42. The molecule has 1 rings (SSSR count). The standard InChI is InChI=1S/C5H2F7N3S/c6-3(7,1-14-15-2(13)16-1)4(8,9)5(10,11)12/h(H2,13,15). The van der Waals surface area contributed by atoms with Gasteiger partial charge in [-0.05, 0) is 0 Å². The zero-order valence-electron chi connectivity index (χ0n) is 7.03. The second kappa shape index (κ2) is 3.43. The van der Waals surface area contributed by atoms with Crippen molar-refractivity contribution in [1.82, 2.24) is 10.2 Å². The molecule has 2 N–H and O–H groups in total. The van der Waals surface area contributed by atoms with Gasteiger partial charge in [0.15, 0.2) is 5.01 Å². The van der Waals surface area contributed by atoms with E-state index in [9.17, 15) is 30.7 Å². The van der Waals surface area contributed by atoms with E-state index in [1.165, 1.54) is 0 Å². The maximum atomic E-state index is 12.8. The second-order valence-corrected chi connectivity index (χ2v) is 3.60. The van der Waals surface area contributed by atoms with Gasteiger partial charge in [-0.2, -0.15) is 30.7 Å². The third kappa shape index (κ3) is 1.79. The van der Waals surface area contributed by atoms with E-state index >= 15 is 0 Å². The first-order chi connectivity index (χ1) is 7.00. The van der Waals surface area contributed by atoms with Crippen molar-refractivity contribution in [2.45, 2.75) is 18.0 Å². The van der Waals surface area contributed by atoms with Crippen LogP contribution < -0.4 is 5.73 Å². The van der Waals surface area contributed by atoms with Crippen LogP contribution in [0.3, 0.4) is 0 Å². The summed E-state index contributed by atoms with van der Waals surface area (Å²) in [4.78, 5) is 0. The highest BCUT2D eigenvalue weighted by atomic mass is 32.1. The van der Waals surface area contributed by atoms with Gasteiger partial charge in [-0.15, -0.1) is 10.2 Å². The average Bonchev–Trinajstić information content (AvgIpc) is 2.49. The van der Waals surface area contributed by atoms with Crippen molar-refractivity contribution < 1.29 is 30.7 Å². The van der Waals surface area contributed by atoms with Crippen LogP contribution in [0.2, 0.25) is 0 Å². The predicted molar refractivity (Wildman–Crippen MR) is 39.2 cm³/mol. The highest BCUT2D eigenvalue weighted by molar-refractivity contribution is 7.15. The van der Waals surface area contributed by atoms with Crippen LogP contribution in [0.5, 0.6) is 0 Å². The summed E-state index contributed by atoms with van der Waals surface area (Å²) in [5.74, 6) is -11.7. The second-order valence-electron chi connectivity index (χ2n) is 2.59. The van der Waals surface area contributed by atoms with Gasteiger partial charge in [0.25, 0.3) is 0 Å². The lowest BCUT2D eigenvalue weighted by Gasteiger charge is -2.25. The molecule has 0 bridgehead atoms. The van der Waals surface area contributed by atoms with Crippen molar-refractivity contribution in [3.8, 4) is 0 Å². The number of nitrogens with two attached hydrogens (primary N) is 1. The molecule has 0 radical (unpaired) electrons. The third-order valence-electron chi connectivity index (χ3n) is 1.46. The van der Waals surface area contributed by atoms with E-state index in [1.54, 1.807) is 0 Å². The number of anilines is 1. The van der Waals surface area contributed by atoms with E-state index in [-0.39, 0.29) is 11.3 Å². The lowest BCUT2D eigenvalue weighted by Crippen LogP contribution is -2.50. The van der Waals surface area contributed by atoms with Gasteiger partial charge in [0.05, 0.1) is 0 Å². The smallest absolute Gasteiger partial charge is 0.374 e. The Morgan fingerprint density at radius 3 is 1.75 bits per heavy atom. The molecule has 0 aliphatic carbocycles. The predicted octanol–water partition coefficient (Wildman–Crippen LogP) is 2.41. The molecular weight excluding hydrogens is 267 g/mol. The zero-order chi connectivity index (χ0) is 12.8. The fourth-order valence-electron chi connectivity index (χ4n) is 0.674. The molecule has 0 unspecified atom stereocenters. The summed E-state index contributed by atoms with van der Waals surface area (Å²) in [6.07, 6.45) is -6.39. The van der Waals surface area contributed by atoms with Gasteiger partial charge in [-0.1, -0.05) is 11.3 Å². The van der Waals surface area contributed by atoms with E-state index in [0.717, 1.165) is 0 Å². The van der Waals surface area contributed by atoms with Gasteiger partial charge >= 0.3 is 18.0 Å². The van der Waals surface area contributed by atoms with Crippen LogP contribution in [0, 0.1) is 0 Å². The third-order valence-corrected chi connectivity index (χ3v) is 2.28. The summed E-state index contributed by atoms with van der Waals surface area (Å²) in [7, 11) is 0. The molecule has 0 amide bonds. The molecule has 11 heteroatoms. The summed E-state index contributed by atoms with van der Waals surface area (Å²) in [5, 5.41) is 2.81. The van der Waals surface area contributed by atoms with Crippen LogP contribution in [0.15, 0.2) is 0 Å². The van der Waals surface area contributed by atoms with E-state index < -0.39 is 28.2 Å². The Morgan fingerprint density at radius 2 is 1.44 bits per heavy atom. The number of nitrogen functional groups attached to an aromatic ring is 1. The number of nitrogens with zero attached hydrogens (tertiary/aromatic N) is 2. The van der Waals surface area contributed by atoms with Crippen LogP contribution in [-0.4, -0.2) is 22.3 Å². The van der Waals surface area contributed by atoms with E-state index in [4.69, 9.17) is 5.73 Å². The number of halogens is 7. The van der Waals surface area contributed by atoms with Crippen molar-refractivity contribution in [1.29, 1.82) is 0 Å². The van der Waals surface area contributed by atoms with E-state index in [0.29, 0.717) is 0 Å². The molecule has 0 atom stereocenters. The van der Waals surface area contributed by atoms with Gasteiger partial charge in [-0.25, -0.2) is 0 Å². The van der Waals surface area contributed by atoms with Crippen LogP contribution in [-0.2, 0) is 5.92 Å². The van der Waals surface area contributed by atoms with Gasteiger partial charge in [0.2, 0.25) is 5.13 Å². The molecule has 0 fully saturated rings. The molecule has 92 valence electrons. The Labute approximate surface area is 87.1 Å². The Hall–Kier alpha value is -1.13. The summed E-state index contributed by atoms with van der Waals surface area (Å²) < 4.78 is 85.7. The minimum atomic E-state index is -6.39. The fraction of sp³-hybridized carbons (Fsp3) is 0.600. The number of hydrogen-bond donors (Lipinski definition) is 1. The van der Waals surface area contributed by atoms with E-state index in [1.807, 2.05) is 0 Å². The van der Waals surface area contributed by atoms with Gasteiger partial charge < -0.3 is 5.73 Å². The van der Waals surface area contributed by atoms with Crippen molar-refractivity contribution in [3.63, 3.8) is 0 Å². The molecule has 0 aromatic carbocycles. The van der Waals surface area contributed by atoms with Gasteiger partial charge in [-0.3, -0.25) is 0 Å². The van der Waals surface area contributed by atoms with Crippen LogP contribution >= 0.6 is 11.3 Å². The highest BCUT2D eigenvalue weighted by Crippen LogP contribution is 2.52. The van der Waals surface area contributed by atoms with Gasteiger partial charge in [0.1, 0.15) is 0 Å². The lowest BCUT2D eigenvalue weighted by molar-refractivity contribution is -0.359. The maximum Gasteiger partial charge on any atom is 0.460 e. The summed E-state index contributed by atoms with van der Waals surface area (Å²) in [6, 6.07) is 0. The topological polar surface area (TPSA) is 51.8 Å². The van der Waals surface area contributed by atoms with E-state index in [2.05, 4.69) is 10.2 Å². The Bertz CT molecular complexity index is 384. The van der Waals surface area contributed by atoms with Crippen LogP contribution in [0.25, 0.3) is 0 Å². The molecule has 0 aliphatic heterocycles. The molecule has 16 heavy (non-hydrogen) atoms. The quantitative estimate of drug-likeness (QED) is 0.839. The zero-order valence-corrected chi connectivity index (χ0v) is 7.84. The van der Waals surface area contributed by atoms with Crippen molar-refractivity contribution in [3.05, 3.63) is 5.01 Å². The molecule has 0 spiro atoms. The molecule has 0 saturated heterocycles. The largest absolute Gasteiger partial charge is 0.460 e. The highest BCUT2D eigenvalue weighted by Gasteiger charge is 2.75. The molecular formula is C5H2F7N3S. The number of aromatic nitrogens is 2. The minimum Gasteiger partial charge on any atom is -0.374 e. The maximum absolute atomic E-state index is 12.8. The van der Waals surface area contributed by atoms with Crippen LogP contribution in [0.4, 0.5) is 35.9 Å². The SMILES string of the molecule is Nc1nnc(C(F)(F)C(F)(F)C(F)(F)F)s1. The summed E-state index contributed by atoms with van der Waals surface area (Å²) >= 11 is -0.237.